The second-order valence-corrected chi connectivity index (χ2v) is 7.58. The number of carbonyl (C=O) groups excluding carboxylic acids is 1. The van der Waals surface area contributed by atoms with Crippen molar-refractivity contribution in [2.75, 3.05) is 26.8 Å². The Balaban J connectivity index is 2.44. The molecule has 2 saturated heterocycles. The average Bonchev–Trinajstić information content (AvgIpc) is 2.29. The lowest BCUT2D eigenvalue weighted by atomic mass is 9.57. The highest BCUT2D eigenvalue weighted by atomic mass is 16.5. The summed E-state index contributed by atoms with van der Waals surface area (Å²) in [5, 5.41) is 0. The Kier molecular flexibility index (Phi) is 3.25. The van der Waals surface area contributed by atoms with E-state index in [1.54, 1.807) is 0 Å². The maximum atomic E-state index is 12.9. The number of ether oxygens (including phenoxy) is 1. The molecule has 0 saturated carbocycles. The van der Waals surface area contributed by atoms with Crippen LogP contribution in [-0.4, -0.2) is 37.6 Å². The largest absolute Gasteiger partial charge is 0.381 e. The van der Waals surface area contributed by atoms with Gasteiger partial charge in [-0.25, -0.2) is 0 Å². The number of carbonyl (C=O) groups is 1. The molecule has 2 aliphatic heterocycles. The number of hydrogen-bond donors (Lipinski definition) is 0. The van der Waals surface area contributed by atoms with Crippen molar-refractivity contribution in [1.29, 1.82) is 0 Å². The van der Waals surface area contributed by atoms with Gasteiger partial charge in [-0.2, -0.15) is 0 Å². The van der Waals surface area contributed by atoms with E-state index in [-0.39, 0.29) is 16.2 Å². The van der Waals surface area contributed by atoms with Crippen LogP contribution in [0.1, 0.15) is 47.0 Å². The molecule has 0 unspecified atom stereocenters. The predicted molar refractivity (Wildman–Crippen MR) is 72.3 cm³/mol. The van der Waals surface area contributed by atoms with Crippen molar-refractivity contribution in [3.8, 4) is 0 Å². The first-order valence-electron chi connectivity index (χ1n) is 7.04. The highest BCUT2D eigenvalue weighted by Crippen LogP contribution is 2.55. The first kappa shape index (κ1) is 13.9. The summed E-state index contributed by atoms with van der Waals surface area (Å²) in [4.78, 5) is 14.9. The third kappa shape index (κ3) is 2.07. The lowest BCUT2D eigenvalue weighted by Crippen LogP contribution is -2.51. The molecule has 0 N–H and O–H groups in total. The monoisotopic (exact) mass is 253 g/mol. The van der Waals surface area contributed by atoms with Crippen LogP contribution in [0.5, 0.6) is 0 Å². The molecule has 2 heterocycles. The number of nitrogens with zero attached hydrogens (tertiary/aromatic N) is 1. The van der Waals surface area contributed by atoms with Crippen molar-refractivity contribution in [2.24, 2.45) is 16.2 Å². The van der Waals surface area contributed by atoms with Crippen LogP contribution < -0.4 is 0 Å². The molecule has 3 heteroatoms. The Labute approximate surface area is 111 Å². The van der Waals surface area contributed by atoms with Crippen LogP contribution in [0.2, 0.25) is 0 Å². The summed E-state index contributed by atoms with van der Waals surface area (Å²) in [6.45, 7) is 11.4. The van der Waals surface area contributed by atoms with E-state index >= 15 is 0 Å². The number of hydrogen-bond acceptors (Lipinski definition) is 2. The fraction of sp³-hybridized carbons (Fsp3) is 0.933. The summed E-state index contributed by atoms with van der Waals surface area (Å²) in [5.41, 5.74) is 0.0195. The van der Waals surface area contributed by atoms with Crippen molar-refractivity contribution in [1.82, 2.24) is 4.90 Å². The zero-order valence-electron chi connectivity index (χ0n) is 12.5. The molecule has 1 amide bonds. The van der Waals surface area contributed by atoms with E-state index in [4.69, 9.17) is 4.74 Å². The van der Waals surface area contributed by atoms with Gasteiger partial charge < -0.3 is 9.64 Å². The van der Waals surface area contributed by atoms with Gasteiger partial charge in [0.25, 0.3) is 0 Å². The third-order valence-electron chi connectivity index (χ3n) is 4.98. The summed E-state index contributed by atoms with van der Waals surface area (Å²) < 4.78 is 5.50. The second kappa shape index (κ2) is 4.22. The molecule has 2 aliphatic rings. The summed E-state index contributed by atoms with van der Waals surface area (Å²) in [5.74, 6) is 0.335. The van der Waals surface area contributed by atoms with E-state index in [0.717, 1.165) is 39.0 Å². The Morgan fingerprint density at radius 3 is 2.22 bits per heavy atom. The van der Waals surface area contributed by atoms with Crippen LogP contribution in [0.3, 0.4) is 0 Å². The van der Waals surface area contributed by atoms with Crippen molar-refractivity contribution in [2.45, 2.75) is 47.0 Å². The molecule has 0 atom stereocenters. The van der Waals surface area contributed by atoms with Gasteiger partial charge in [0.2, 0.25) is 5.91 Å². The zero-order valence-corrected chi connectivity index (χ0v) is 12.5. The molecule has 0 aromatic rings. The Hall–Kier alpha value is -0.570. The molecule has 3 nitrogen and oxygen atoms in total. The number of amides is 1. The summed E-state index contributed by atoms with van der Waals surface area (Å²) in [6, 6.07) is 0. The molecule has 1 spiro atoms. The second-order valence-electron chi connectivity index (χ2n) is 7.58. The molecular weight excluding hydrogens is 226 g/mol. The third-order valence-corrected chi connectivity index (χ3v) is 4.98. The molecule has 0 aromatic carbocycles. The van der Waals surface area contributed by atoms with Gasteiger partial charge in [0.1, 0.15) is 0 Å². The van der Waals surface area contributed by atoms with E-state index in [1.165, 1.54) is 0 Å². The van der Waals surface area contributed by atoms with E-state index in [2.05, 4.69) is 27.7 Å². The van der Waals surface area contributed by atoms with Crippen LogP contribution in [0, 0.1) is 16.2 Å². The summed E-state index contributed by atoms with van der Waals surface area (Å²) >= 11 is 0. The molecule has 0 aliphatic carbocycles. The zero-order chi connectivity index (χ0) is 13.6. The van der Waals surface area contributed by atoms with E-state index in [0.29, 0.717) is 5.91 Å². The molecule has 104 valence electrons. The lowest BCUT2D eigenvalue weighted by Gasteiger charge is -2.48. The maximum Gasteiger partial charge on any atom is 0.229 e. The Bertz CT molecular complexity index is 340. The fourth-order valence-electron chi connectivity index (χ4n) is 4.40. The quantitative estimate of drug-likeness (QED) is 0.664. The fourth-order valence-corrected chi connectivity index (χ4v) is 4.40. The first-order chi connectivity index (χ1) is 8.20. The SMILES string of the molecule is CN1CC(C)(C)CC(C)(C)C2(CCOCC2)C1=O. The minimum atomic E-state index is -0.215. The normalized spacial score (nSPS) is 30.3. The van der Waals surface area contributed by atoms with E-state index in [1.807, 2.05) is 11.9 Å². The topological polar surface area (TPSA) is 29.5 Å². The van der Waals surface area contributed by atoms with Crippen LogP contribution in [0.25, 0.3) is 0 Å². The van der Waals surface area contributed by atoms with Gasteiger partial charge in [0.05, 0.1) is 5.41 Å². The molecular formula is C15H27NO2. The molecule has 0 radical (unpaired) electrons. The predicted octanol–water partition coefficient (Wildman–Crippen LogP) is 2.70. The van der Waals surface area contributed by atoms with Crippen molar-refractivity contribution < 1.29 is 9.53 Å². The van der Waals surface area contributed by atoms with Gasteiger partial charge in [-0.05, 0) is 30.1 Å². The minimum absolute atomic E-state index is 0.0438. The van der Waals surface area contributed by atoms with Gasteiger partial charge in [-0.15, -0.1) is 0 Å². The van der Waals surface area contributed by atoms with Crippen LogP contribution in [0.4, 0.5) is 0 Å². The molecule has 2 rings (SSSR count). The summed E-state index contributed by atoms with van der Waals surface area (Å²) in [6.07, 6.45) is 2.84. The Morgan fingerprint density at radius 2 is 1.67 bits per heavy atom. The van der Waals surface area contributed by atoms with Gasteiger partial charge in [0.15, 0.2) is 0 Å². The van der Waals surface area contributed by atoms with Gasteiger partial charge in [0, 0.05) is 26.8 Å². The smallest absolute Gasteiger partial charge is 0.229 e. The maximum absolute atomic E-state index is 12.9. The van der Waals surface area contributed by atoms with E-state index < -0.39 is 0 Å². The molecule has 18 heavy (non-hydrogen) atoms. The van der Waals surface area contributed by atoms with Crippen LogP contribution >= 0.6 is 0 Å². The minimum Gasteiger partial charge on any atom is -0.381 e. The van der Waals surface area contributed by atoms with Crippen LogP contribution in [-0.2, 0) is 9.53 Å². The van der Waals surface area contributed by atoms with Crippen molar-refractivity contribution >= 4 is 5.91 Å². The number of rotatable bonds is 0. The van der Waals surface area contributed by atoms with Crippen molar-refractivity contribution in [3.63, 3.8) is 0 Å². The molecule has 0 bridgehead atoms. The number of likely N-dealkylation sites (tertiary alicyclic amines) is 1. The average molecular weight is 253 g/mol. The van der Waals surface area contributed by atoms with Crippen molar-refractivity contribution in [3.05, 3.63) is 0 Å². The lowest BCUT2D eigenvalue weighted by molar-refractivity contribution is -0.155. The molecule has 2 fully saturated rings. The first-order valence-corrected chi connectivity index (χ1v) is 7.04. The molecule has 0 aromatic heterocycles. The van der Waals surface area contributed by atoms with Gasteiger partial charge in [-0.3, -0.25) is 4.79 Å². The van der Waals surface area contributed by atoms with Crippen LogP contribution in [0.15, 0.2) is 0 Å². The highest BCUT2D eigenvalue weighted by Gasteiger charge is 2.56. The van der Waals surface area contributed by atoms with Gasteiger partial charge >= 0.3 is 0 Å². The highest BCUT2D eigenvalue weighted by molar-refractivity contribution is 5.84. The Morgan fingerprint density at radius 1 is 1.11 bits per heavy atom. The van der Waals surface area contributed by atoms with Gasteiger partial charge in [-0.1, -0.05) is 27.7 Å². The summed E-state index contributed by atoms with van der Waals surface area (Å²) in [7, 11) is 1.96. The standard InChI is InChI=1S/C15H27NO2/c1-13(2)10-14(3,4)15(6-8-18-9-7-15)12(17)16(5)11-13/h6-11H2,1-5H3. The van der Waals surface area contributed by atoms with E-state index in [9.17, 15) is 4.79 Å².